The van der Waals surface area contributed by atoms with E-state index in [9.17, 15) is 13.6 Å². The van der Waals surface area contributed by atoms with E-state index < -0.39 is 18.5 Å². The molecule has 0 radical (unpaired) electrons. The predicted octanol–water partition coefficient (Wildman–Crippen LogP) is 0.545. The third-order valence-electron chi connectivity index (χ3n) is 1.67. The number of hydrogen-bond donors (Lipinski definition) is 2. The fourth-order valence-corrected chi connectivity index (χ4v) is 0.793. The number of esters is 1. The minimum atomic E-state index is -2.80. The van der Waals surface area contributed by atoms with Crippen LogP contribution in [0.3, 0.4) is 0 Å². The van der Waals surface area contributed by atoms with Crippen molar-refractivity contribution >= 4 is 5.97 Å². The van der Waals surface area contributed by atoms with Crippen LogP contribution in [0.25, 0.3) is 0 Å². The Hall–Kier alpha value is -0.750. The molecule has 6 heteroatoms. The Bertz CT molecular complexity index is 179. The average molecular weight is 225 g/mol. The van der Waals surface area contributed by atoms with Gasteiger partial charge in [-0.25, -0.2) is 8.78 Å². The minimum Gasteiger partial charge on any atom is -0.465 e. The van der Waals surface area contributed by atoms with Gasteiger partial charge in [-0.15, -0.1) is 0 Å². The zero-order valence-corrected chi connectivity index (χ0v) is 8.71. The van der Waals surface area contributed by atoms with Gasteiger partial charge in [0.1, 0.15) is 6.10 Å². The summed E-state index contributed by atoms with van der Waals surface area (Å²) >= 11 is 0. The summed E-state index contributed by atoms with van der Waals surface area (Å²) in [6.45, 7) is 1.83. The highest BCUT2D eigenvalue weighted by molar-refractivity contribution is 5.71. The van der Waals surface area contributed by atoms with Crippen molar-refractivity contribution in [3.05, 3.63) is 0 Å². The van der Waals surface area contributed by atoms with Gasteiger partial charge in [-0.1, -0.05) is 13.3 Å². The van der Waals surface area contributed by atoms with Crippen LogP contribution in [0.1, 0.15) is 19.8 Å². The van der Waals surface area contributed by atoms with Crippen molar-refractivity contribution in [3.8, 4) is 0 Å². The zero-order valence-electron chi connectivity index (χ0n) is 8.71. The Labute approximate surface area is 87.6 Å². The Kier molecular flexibility index (Phi) is 8.12. The molecular weight excluding hydrogens is 208 g/mol. The molecule has 1 atom stereocenters. The second kappa shape index (κ2) is 8.55. The van der Waals surface area contributed by atoms with Crippen molar-refractivity contribution in [2.45, 2.75) is 32.3 Å². The first-order valence-electron chi connectivity index (χ1n) is 4.90. The highest BCUT2D eigenvalue weighted by Crippen LogP contribution is 1.98. The SMILES string of the molecule is CCCCOC(=O)CNCC(O)C(F)F. The van der Waals surface area contributed by atoms with Crippen molar-refractivity contribution < 1.29 is 23.4 Å². The Balaban J connectivity index is 3.38. The molecule has 2 N–H and O–H groups in total. The molecule has 0 heterocycles. The molecule has 1 unspecified atom stereocenters. The molecule has 0 saturated carbocycles. The third kappa shape index (κ3) is 8.26. The van der Waals surface area contributed by atoms with Gasteiger partial charge < -0.3 is 15.2 Å². The maximum Gasteiger partial charge on any atom is 0.319 e. The number of nitrogens with one attached hydrogen (secondary N) is 1. The van der Waals surface area contributed by atoms with E-state index in [1.807, 2.05) is 6.92 Å². The van der Waals surface area contributed by atoms with Crippen molar-refractivity contribution in [1.29, 1.82) is 0 Å². The maximum absolute atomic E-state index is 11.8. The molecule has 0 fully saturated rings. The number of ether oxygens (including phenoxy) is 1. The fraction of sp³-hybridized carbons (Fsp3) is 0.889. The molecule has 0 aromatic heterocycles. The topological polar surface area (TPSA) is 58.6 Å². The van der Waals surface area contributed by atoms with Crippen LogP contribution in [-0.4, -0.2) is 43.3 Å². The van der Waals surface area contributed by atoms with Crippen LogP contribution in [0.15, 0.2) is 0 Å². The molecule has 0 saturated heterocycles. The van der Waals surface area contributed by atoms with E-state index in [4.69, 9.17) is 9.84 Å². The number of rotatable bonds is 8. The number of unbranched alkanes of at least 4 members (excludes halogenated alkanes) is 1. The molecule has 0 bridgehead atoms. The molecule has 0 aromatic rings. The van der Waals surface area contributed by atoms with E-state index in [1.165, 1.54) is 0 Å². The number of hydrogen-bond acceptors (Lipinski definition) is 4. The van der Waals surface area contributed by atoms with E-state index in [1.54, 1.807) is 0 Å². The molecular formula is C9H17F2NO3. The van der Waals surface area contributed by atoms with Crippen LogP contribution in [-0.2, 0) is 9.53 Å². The molecule has 0 aromatic carbocycles. The summed E-state index contributed by atoms with van der Waals surface area (Å²) in [5.41, 5.74) is 0. The Morgan fingerprint density at radius 2 is 2.20 bits per heavy atom. The molecule has 0 rings (SSSR count). The predicted molar refractivity (Wildman–Crippen MR) is 50.7 cm³/mol. The lowest BCUT2D eigenvalue weighted by Gasteiger charge is -2.10. The van der Waals surface area contributed by atoms with Crippen LogP contribution in [0.5, 0.6) is 0 Å². The van der Waals surface area contributed by atoms with E-state index in [0.29, 0.717) is 6.61 Å². The van der Waals surface area contributed by atoms with Gasteiger partial charge in [-0.3, -0.25) is 4.79 Å². The van der Waals surface area contributed by atoms with E-state index in [0.717, 1.165) is 12.8 Å². The normalized spacial score (nSPS) is 12.9. The summed E-state index contributed by atoms with van der Waals surface area (Å²) in [6.07, 6.45) is -2.84. The molecule has 90 valence electrons. The van der Waals surface area contributed by atoms with Crippen molar-refractivity contribution in [3.63, 3.8) is 0 Å². The second-order valence-corrected chi connectivity index (χ2v) is 3.11. The van der Waals surface area contributed by atoms with Crippen molar-refractivity contribution in [1.82, 2.24) is 5.32 Å². The lowest BCUT2D eigenvalue weighted by atomic mass is 10.3. The summed E-state index contributed by atoms with van der Waals surface area (Å²) in [5.74, 6) is -0.495. The van der Waals surface area contributed by atoms with Crippen LogP contribution in [0.4, 0.5) is 8.78 Å². The van der Waals surface area contributed by atoms with Gasteiger partial charge in [0.25, 0.3) is 6.43 Å². The number of carbonyl (C=O) groups is 1. The van der Waals surface area contributed by atoms with Gasteiger partial charge in [0.05, 0.1) is 13.2 Å². The number of halogens is 2. The number of alkyl halides is 2. The Morgan fingerprint density at radius 3 is 2.73 bits per heavy atom. The first-order chi connectivity index (χ1) is 7.07. The van der Waals surface area contributed by atoms with Crippen molar-refractivity contribution in [2.24, 2.45) is 0 Å². The highest BCUT2D eigenvalue weighted by Gasteiger charge is 2.16. The van der Waals surface area contributed by atoms with Gasteiger partial charge in [0, 0.05) is 6.54 Å². The first kappa shape index (κ1) is 14.2. The zero-order chi connectivity index (χ0) is 11.7. The standard InChI is InChI=1S/C9H17F2NO3/c1-2-3-4-15-8(14)6-12-5-7(13)9(10)11/h7,9,12-13H,2-6H2,1H3. The monoisotopic (exact) mass is 225 g/mol. The molecule has 0 aliphatic carbocycles. The van der Waals surface area contributed by atoms with Crippen LogP contribution in [0.2, 0.25) is 0 Å². The number of aliphatic hydroxyl groups is 1. The summed E-state index contributed by atoms with van der Waals surface area (Å²) in [5, 5.41) is 11.1. The molecule has 15 heavy (non-hydrogen) atoms. The average Bonchev–Trinajstić information content (AvgIpc) is 2.18. The van der Waals surface area contributed by atoms with Gasteiger partial charge >= 0.3 is 5.97 Å². The van der Waals surface area contributed by atoms with Gasteiger partial charge in [0.2, 0.25) is 0 Å². The molecule has 0 aliphatic rings. The highest BCUT2D eigenvalue weighted by atomic mass is 19.3. The number of carbonyl (C=O) groups excluding carboxylic acids is 1. The smallest absolute Gasteiger partial charge is 0.319 e. The van der Waals surface area contributed by atoms with E-state index >= 15 is 0 Å². The van der Waals surface area contributed by atoms with Crippen LogP contribution >= 0.6 is 0 Å². The molecule has 0 aliphatic heterocycles. The summed E-state index contributed by atoms with van der Waals surface area (Å²) in [4.78, 5) is 10.9. The largest absolute Gasteiger partial charge is 0.465 e. The fourth-order valence-electron chi connectivity index (χ4n) is 0.793. The van der Waals surface area contributed by atoms with Crippen LogP contribution < -0.4 is 5.32 Å². The lowest BCUT2D eigenvalue weighted by molar-refractivity contribution is -0.142. The molecule has 0 amide bonds. The van der Waals surface area contributed by atoms with Gasteiger partial charge in [0.15, 0.2) is 0 Å². The third-order valence-corrected chi connectivity index (χ3v) is 1.67. The van der Waals surface area contributed by atoms with Crippen molar-refractivity contribution in [2.75, 3.05) is 19.7 Å². The summed E-state index contributed by atoms with van der Waals surface area (Å²) < 4.78 is 28.3. The lowest BCUT2D eigenvalue weighted by Crippen LogP contribution is -2.35. The molecule has 4 nitrogen and oxygen atoms in total. The van der Waals surface area contributed by atoms with Crippen LogP contribution in [0, 0.1) is 0 Å². The Morgan fingerprint density at radius 1 is 1.53 bits per heavy atom. The second-order valence-electron chi connectivity index (χ2n) is 3.11. The van der Waals surface area contributed by atoms with Gasteiger partial charge in [-0.05, 0) is 6.42 Å². The van der Waals surface area contributed by atoms with E-state index in [2.05, 4.69) is 5.32 Å². The number of aliphatic hydroxyl groups excluding tert-OH is 1. The maximum atomic E-state index is 11.8. The first-order valence-corrected chi connectivity index (χ1v) is 4.90. The summed E-state index contributed by atoms with van der Waals surface area (Å²) in [6, 6.07) is 0. The molecule has 0 spiro atoms. The van der Waals surface area contributed by atoms with E-state index in [-0.39, 0.29) is 13.1 Å². The quantitative estimate of drug-likeness (QED) is 0.468. The minimum absolute atomic E-state index is 0.159. The summed E-state index contributed by atoms with van der Waals surface area (Å²) in [7, 11) is 0. The van der Waals surface area contributed by atoms with Gasteiger partial charge in [-0.2, -0.15) is 0 Å².